The van der Waals surface area contributed by atoms with Gasteiger partial charge in [-0.3, -0.25) is 4.98 Å². The molecule has 1 aromatic rings. The zero-order chi connectivity index (χ0) is 9.19. The van der Waals surface area contributed by atoms with Gasteiger partial charge in [0.25, 0.3) is 0 Å². The van der Waals surface area contributed by atoms with Gasteiger partial charge in [-0.2, -0.15) is 0 Å². The number of nitrogen functional groups attached to an aromatic ring is 1. The molecule has 0 spiro atoms. The number of halogens is 5. The lowest BCUT2D eigenvalue weighted by atomic mass is 10.4. The van der Waals surface area contributed by atoms with E-state index in [1.807, 2.05) is 0 Å². The molecule has 1 heterocycles. The number of aromatic nitrogens is 1. The molecular formula is C6H7Cl2F3N2O. The van der Waals surface area contributed by atoms with Crippen molar-refractivity contribution in [1.29, 1.82) is 0 Å². The Morgan fingerprint density at radius 1 is 1.29 bits per heavy atom. The number of pyridine rings is 1. The van der Waals surface area contributed by atoms with Crippen LogP contribution >= 0.6 is 24.8 Å². The number of ether oxygens (including phenoxy) is 1. The molecule has 0 aliphatic rings. The van der Waals surface area contributed by atoms with E-state index in [1.54, 1.807) is 0 Å². The van der Waals surface area contributed by atoms with Crippen molar-refractivity contribution >= 4 is 30.5 Å². The minimum atomic E-state index is -4.71. The van der Waals surface area contributed by atoms with Crippen molar-refractivity contribution in [3.05, 3.63) is 18.5 Å². The summed E-state index contributed by atoms with van der Waals surface area (Å²) in [6.07, 6.45) is -2.46. The lowest BCUT2D eigenvalue weighted by molar-refractivity contribution is -0.274. The summed E-state index contributed by atoms with van der Waals surface area (Å²) in [6, 6.07) is 1.04. The van der Waals surface area contributed by atoms with Gasteiger partial charge in [0.2, 0.25) is 0 Å². The highest BCUT2D eigenvalue weighted by atomic mass is 35.5. The molecule has 14 heavy (non-hydrogen) atoms. The summed E-state index contributed by atoms with van der Waals surface area (Å²) in [6.45, 7) is 0. The third kappa shape index (κ3) is 4.98. The summed E-state index contributed by atoms with van der Waals surface area (Å²) in [5.74, 6) is -0.433. The number of hydrogen-bond acceptors (Lipinski definition) is 3. The van der Waals surface area contributed by atoms with Crippen LogP contribution < -0.4 is 10.5 Å². The minimum absolute atomic E-state index is 0. The molecule has 0 unspecified atom stereocenters. The molecular weight excluding hydrogens is 244 g/mol. The van der Waals surface area contributed by atoms with Crippen LogP contribution in [0.1, 0.15) is 0 Å². The first-order valence-electron chi connectivity index (χ1n) is 2.94. The zero-order valence-corrected chi connectivity index (χ0v) is 8.25. The molecule has 0 amide bonds. The van der Waals surface area contributed by atoms with Crippen molar-refractivity contribution in [1.82, 2.24) is 4.98 Å². The third-order valence-corrected chi connectivity index (χ3v) is 1.04. The van der Waals surface area contributed by atoms with E-state index in [-0.39, 0.29) is 30.5 Å². The van der Waals surface area contributed by atoms with E-state index in [4.69, 9.17) is 5.73 Å². The van der Waals surface area contributed by atoms with Crippen molar-refractivity contribution in [2.75, 3.05) is 5.73 Å². The normalized spacial score (nSPS) is 9.64. The van der Waals surface area contributed by atoms with E-state index in [2.05, 4.69) is 9.72 Å². The Morgan fingerprint density at radius 2 is 1.86 bits per heavy atom. The fourth-order valence-electron chi connectivity index (χ4n) is 0.612. The highest BCUT2D eigenvalue weighted by molar-refractivity contribution is 5.85. The van der Waals surface area contributed by atoms with Crippen LogP contribution in [0, 0.1) is 0 Å². The Labute approximate surface area is 90.3 Å². The molecule has 0 atom stereocenters. The number of rotatable bonds is 1. The maximum Gasteiger partial charge on any atom is 0.573 e. The molecule has 0 aliphatic carbocycles. The summed E-state index contributed by atoms with van der Waals surface area (Å²) in [4.78, 5) is 3.50. The smallest absolute Gasteiger partial charge is 0.403 e. The maximum absolute atomic E-state index is 11.6. The molecule has 0 fully saturated rings. The Balaban J connectivity index is 0. The number of anilines is 1. The van der Waals surface area contributed by atoms with Crippen LogP contribution in [0.4, 0.5) is 18.9 Å². The molecule has 0 aliphatic heterocycles. The van der Waals surface area contributed by atoms with E-state index < -0.39 is 12.1 Å². The molecule has 3 nitrogen and oxygen atoms in total. The summed E-state index contributed by atoms with van der Waals surface area (Å²) >= 11 is 0. The van der Waals surface area contributed by atoms with E-state index in [9.17, 15) is 13.2 Å². The lowest BCUT2D eigenvalue weighted by Crippen LogP contribution is -2.18. The van der Waals surface area contributed by atoms with E-state index in [0.29, 0.717) is 0 Å². The molecule has 1 rings (SSSR count). The predicted octanol–water partition coefficient (Wildman–Crippen LogP) is 2.41. The summed E-state index contributed by atoms with van der Waals surface area (Å²) < 4.78 is 38.4. The highest BCUT2D eigenvalue weighted by Crippen LogP contribution is 2.26. The third-order valence-electron chi connectivity index (χ3n) is 1.04. The summed E-state index contributed by atoms with van der Waals surface area (Å²) in [5.41, 5.74) is 5.00. The second-order valence-corrected chi connectivity index (χ2v) is 1.96. The first-order chi connectivity index (χ1) is 5.49. The highest BCUT2D eigenvalue weighted by Gasteiger charge is 2.31. The standard InChI is InChI=1S/C6H5F3N2O.2ClH/c7-6(8,9)12-5-1-2-11-3-4(5)10;;/h1-3H,10H2;2*1H. The number of hydrogen-bond donors (Lipinski definition) is 1. The van der Waals surface area contributed by atoms with Gasteiger partial charge in [0.1, 0.15) is 0 Å². The molecule has 2 N–H and O–H groups in total. The fourth-order valence-corrected chi connectivity index (χ4v) is 0.612. The Bertz CT molecular complexity index is 282. The predicted molar refractivity (Wildman–Crippen MR) is 49.8 cm³/mol. The zero-order valence-electron chi connectivity index (χ0n) is 6.62. The van der Waals surface area contributed by atoms with Crippen LogP contribution in [0.3, 0.4) is 0 Å². The van der Waals surface area contributed by atoms with Crippen molar-refractivity contribution in [2.45, 2.75) is 6.36 Å². The van der Waals surface area contributed by atoms with Crippen LogP contribution in [-0.4, -0.2) is 11.3 Å². The number of nitrogens with two attached hydrogens (primary N) is 1. The molecule has 0 saturated carbocycles. The van der Waals surface area contributed by atoms with Gasteiger partial charge in [-0.15, -0.1) is 38.0 Å². The van der Waals surface area contributed by atoms with Crippen molar-refractivity contribution in [2.24, 2.45) is 0 Å². The molecule has 0 radical (unpaired) electrons. The second kappa shape index (κ2) is 5.77. The Kier molecular flexibility index (Phi) is 6.42. The van der Waals surface area contributed by atoms with Gasteiger partial charge in [0.15, 0.2) is 5.75 Å². The largest absolute Gasteiger partial charge is 0.573 e. The van der Waals surface area contributed by atoms with Crippen LogP contribution in [0.25, 0.3) is 0 Å². The summed E-state index contributed by atoms with van der Waals surface area (Å²) in [5, 5.41) is 0. The molecule has 0 bridgehead atoms. The monoisotopic (exact) mass is 250 g/mol. The van der Waals surface area contributed by atoms with Crippen LogP contribution in [-0.2, 0) is 0 Å². The SMILES string of the molecule is Cl.Cl.Nc1cnccc1OC(F)(F)F. The topological polar surface area (TPSA) is 48.1 Å². The van der Waals surface area contributed by atoms with E-state index in [1.165, 1.54) is 0 Å². The number of nitrogens with zero attached hydrogens (tertiary/aromatic N) is 1. The van der Waals surface area contributed by atoms with Gasteiger partial charge in [0, 0.05) is 12.3 Å². The second-order valence-electron chi connectivity index (χ2n) is 1.96. The first-order valence-corrected chi connectivity index (χ1v) is 2.94. The summed E-state index contributed by atoms with van der Waals surface area (Å²) in [7, 11) is 0. The van der Waals surface area contributed by atoms with Crippen LogP contribution in [0.5, 0.6) is 5.75 Å². The van der Waals surface area contributed by atoms with Gasteiger partial charge in [-0.25, -0.2) is 0 Å². The quantitative estimate of drug-likeness (QED) is 0.833. The van der Waals surface area contributed by atoms with Gasteiger partial charge in [-0.1, -0.05) is 0 Å². The van der Waals surface area contributed by atoms with E-state index in [0.717, 1.165) is 18.5 Å². The average molecular weight is 251 g/mol. The molecule has 0 saturated heterocycles. The first kappa shape index (κ1) is 15.6. The van der Waals surface area contributed by atoms with Gasteiger partial charge in [0.05, 0.1) is 11.9 Å². The van der Waals surface area contributed by atoms with Gasteiger partial charge < -0.3 is 10.5 Å². The van der Waals surface area contributed by atoms with Crippen LogP contribution in [0.15, 0.2) is 18.5 Å². The number of alkyl halides is 3. The Hall–Kier alpha value is -0.880. The van der Waals surface area contributed by atoms with Crippen molar-refractivity contribution < 1.29 is 17.9 Å². The minimum Gasteiger partial charge on any atom is -0.403 e. The van der Waals surface area contributed by atoms with E-state index >= 15 is 0 Å². The molecule has 8 heteroatoms. The molecule has 1 aromatic heterocycles. The lowest BCUT2D eigenvalue weighted by Gasteiger charge is -2.09. The Morgan fingerprint density at radius 3 is 2.29 bits per heavy atom. The van der Waals surface area contributed by atoms with Crippen molar-refractivity contribution in [3.8, 4) is 5.75 Å². The average Bonchev–Trinajstić information content (AvgIpc) is 1.91. The maximum atomic E-state index is 11.6. The van der Waals surface area contributed by atoms with Gasteiger partial charge in [-0.05, 0) is 0 Å². The molecule has 0 aromatic carbocycles. The van der Waals surface area contributed by atoms with Crippen LogP contribution in [0.2, 0.25) is 0 Å². The molecule has 82 valence electrons. The van der Waals surface area contributed by atoms with Gasteiger partial charge >= 0.3 is 6.36 Å². The van der Waals surface area contributed by atoms with Crippen molar-refractivity contribution in [3.63, 3.8) is 0 Å². The fraction of sp³-hybridized carbons (Fsp3) is 0.167.